The van der Waals surface area contributed by atoms with E-state index in [9.17, 15) is 37.5 Å². The van der Waals surface area contributed by atoms with E-state index in [-0.39, 0.29) is 10.4 Å². The Morgan fingerprint density at radius 1 is 1.28 bits per heavy atom. The number of hydrogen-bond acceptors (Lipinski definition) is 10. The lowest BCUT2D eigenvalue weighted by atomic mass is 9.93. The third-order valence-electron chi connectivity index (χ3n) is 5.48. The van der Waals surface area contributed by atoms with Gasteiger partial charge in [-0.2, -0.15) is 18.3 Å². The Balaban J connectivity index is 1.90. The Labute approximate surface area is 225 Å². The predicted octanol–water partition coefficient (Wildman–Crippen LogP) is 2.59. The van der Waals surface area contributed by atoms with Gasteiger partial charge in [0.1, 0.15) is 28.6 Å². The molecule has 1 fully saturated rings. The van der Waals surface area contributed by atoms with Crippen molar-refractivity contribution >= 4 is 25.9 Å². The maximum atomic E-state index is 14.0. The van der Waals surface area contributed by atoms with Crippen LogP contribution in [0.3, 0.4) is 0 Å². The van der Waals surface area contributed by atoms with E-state index in [4.69, 9.17) is 30.7 Å². The second-order valence-corrected chi connectivity index (χ2v) is 11.0. The molecule has 6 atom stereocenters. The molecule has 4 N–H and O–H groups in total. The number of aromatic nitrogens is 2. The van der Waals surface area contributed by atoms with Crippen molar-refractivity contribution < 1.29 is 51.3 Å². The van der Waals surface area contributed by atoms with E-state index in [1.807, 2.05) is 0 Å². The van der Waals surface area contributed by atoms with Crippen LogP contribution in [0.15, 0.2) is 47.4 Å². The van der Waals surface area contributed by atoms with Gasteiger partial charge in [-0.15, -0.1) is 0 Å². The highest BCUT2D eigenvalue weighted by Gasteiger charge is 2.71. The van der Waals surface area contributed by atoms with E-state index < -0.39 is 68.4 Å². The van der Waals surface area contributed by atoms with E-state index in [1.54, 1.807) is 19.9 Å². The van der Waals surface area contributed by atoms with Crippen molar-refractivity contribution in [3.8, 4) is 5.75 Å². The van der Waals surface area contributed by atoms with Gasteiger partial charge in [0.2, 0.25) is 5.60 Å². The first-order valence-electron chi connectivity index (χ1n) is 11.5. The molecule has 0 bridgehead atoms. The number of benzene rings is 1. The number of nitrogens with zero attached hydrogens (tertiary/aromatic N) is 1. The van der Waals surface area contributed by atoms with Gasteiger partial charge >= 0.3 is 25.6 Å². The number of alkyl halides is 3. The fourth-order valence-corrected chi connectivity index (χ4v) is 5.26. The number of carbonyl (C=O) groups is 1. The molecule has 1 aromatic heterocycles. The van der Waals surface area contributed by atoms with E-state index in [0.29, 0.717) is 4.57 Å². The molecule has 0 saturated carbocycles. The van der Waals surface area contributed by atoms with Crippen LogP contribution >= 0.6 is 20.0 Å². The van der Waals surface area contributed by atoms with E-state index in [2.05, 4.69) is 10.1 Å². The van der Waals surface area contributed by atoms with Gasteiger partial charge in [-0.3, -0.25) is 18.9 Å². The summed E-state index contributed by atoms with van der Waals surface area (Å²) in [6, 6.07) is 7.33. The molecule has 0 radical (unpaired) electrons. The first-order valence-corrected chi connectivity index (χ1v) is 13.4. The summed E-state index contributed by atoms with van der Waals surface area (Å²) in [6.07, 6.45) is -12.3. The summed E-state index contributed by atoms with van der Waals surface area (Å²) in [7, 11) is -4.56. The number of ether oxygens (including phenoxy) is 2. The molecule has 2 aromatic rings. The Hall–Kier alpha value is -2.59. The minimum absolute atomic E-state index is 0.0152. The molecule has 0 aliphatic carbocycles. The smallest absolute Gasteiger partial charge is 0.459 e. The minimum atomic E-state index is -5.49. The van der Waals surface area contributed by atoms with Gasteiger partial charge in [0.15, 0.2) is 6.23 Å². The van der Waals surface area contributed by atoms with Gasteiger partial charge in [-0.25, -0.2) is 9.36 Å². The molecule has 2 unspecified atom stereocenters. The third-order valence-corrected chi connectivity index (χ3v) is 7.36. The number of aliphatic hydroxyl groups is 2. The first-order chi connectivity index (χ1) is 18.1. The topological polar surface area (TPSA) is 161 Å². The number of nitrogens with one attached hydrogen (secondary N) is 2. The molecule has 2 heterocycles. The molecule has 0 amide bonds. The number of carbonyl (C=O) groups excluding carboxylic acids is 1. The van der Waals surface area contributed by atoms with Crippen molar-refractivity contribution in [2.75, 3.05) is 6.61 Å². The van der Waals surface area contributed by atoms with Gasteiger partial charge in [-0.1, -0.05) is 30.4 Å². The number of hydrogen-bond donors (Lipinski definition) is 4. The molecule has 17 heteroatoms. The zero-order valence-electron chi connectivity index (χ0n) is 20.8. The van der Waals surface area contributed by atoms with Gasteiger partial charge in [0.25, 0.3) is 0 Å². The number of esters is 1. The average molecular weight is 598 g/mol. The Kier molecular flexibility index (Phi) is 9.43. The normalized spacial score (nSPS) is 25.7. The van der Waals surface area contributed by atoms with Crippen LogP contribution in [0, 0.1) is 4.64 Å². The maximum Gasteiger partial charge on any atom is 0.459 e. The van der Waals surface area contributed by atoms with Crippen LogP contribution in [0.4, 0.5) is 13.2 Å². The highest BCUT2D eigenvalue weighted by atomic mass is 32.1. The molecule has 216 valence electrons. The molecular weight excluding hydrogens is 570 g/mol. The molecule has 12 nitrogen and oxygen atoms in total. The fraction of sp³-hybridized carbons (Fsp3) is 0.500. The molecular formula is C22H27F3N3O9PS. The summed E-state index contributed by atoms with van der Waals surface area (Å²) in [6.45, 7) is 3.43. The average Bonchev–Trinajstić information content (AvgIpc) is 3.09. The van der Waals surface area contributed by atoms with Gasteiger partial charge in [0, 0.05) is 6.20 Å². The van der Waals surface area contributed by atoms with Crippen molar-refractivity contribution in [3.05, 3.63) is 57.7 Å². The standard InChI is InChI=1S/C22H27F3N3O9PS/c1-12(2)35-18(30)13(3)27-38(33,37-14-7-5-4-6-8-14)34-11-15-17(29)21(32,22(23,24)25)19(36-15)28-10-9-16(39)26-20(28)31/h4-10,12-13,15,17,19,29,32H,11H2,1-3H3,(H,27,33)(H,26,31,39)/t13-,15+,17-,19+,21?,38?/m0/s1. The van der Waals surface area contributed by atoms with E-state index >= 15 is 0 Å². The third kappa shape index (κ3) is 6.95. The van der Waals surface area contributed by atoms with Gasteiger partial charge < -0.3 is 24.2 Å². The lowest BCUT2D eigenvalue weighted by Crippen LogP contribution is -2.58. The van der Waals surface area contributed by atoms with Crippen LogP contribution in [0.25, 0.3) is 0 Å². The number of rotatable bonds is 10. The summed E-state index contributed by atoms with van der Waals surface area (Å²) in [5.41, 5.74) is -5.13. The summed E-state index contributed by atoms with van der Waals surface area (Å²) in [5.74, 6) is -0.809. The summed E-state index contributed by atoms with van der Waals surface area (Å²) in [5, 5.41) is 23.5. The summed E-state index contributed by atoms with van der Waals surface area (Å²) < 4.78 is 76.9. The van der Waals surface area contributed by atoms with Crippen LogP contribution < -0.4 is 15.3 Å². The second kappa shape index (κ2) is 11.9. The number of aliphatic hydroxyl groups excluding tert-OH is 1. The zero-order chi connectivity index (χ0) is 29.2. The minimum Gasteiger partial charge on any atom is -0.462 e. The van der Waals surface area contributed by atoms with Crippen LogP contribution in [0.5, 0.6) is 5.75 Å². The van der Waals surface area contributed by atoms with Crippen LogP contribution in [0.2, 0.25) is 0 Å². The van der Waals surface area contributed by atoms with Crippen LogP contribution in [-0.2, 0) is 23.4 Å². The number of H-pyrrole nitrogens is 1. The van der Waals surface area contributed by atoms with Crippen molar-refractivity contribution in [2.24, 2.45) is 0 Å². The van der Waals surface area contributed by atoms with Gasteiger partial charge in [0.05, 0.1) is 12.7 Å². The van der Waals surface area contributed by atoms with Crippen molar-refractivity contribution in [1.82, 2.24) is 14.6 Å². The van der Waals surface area contributed by atoms with Gasteiger partial charge in [-0.05, 0) is 39.0 Å². The molecule has 3 rings (SSSR count). The van der Waals surface area contributed by atoms with Crippen molar-refractivity contribution in [3.63, 3.8) is 0 Å². The predicted molar refractivity (Wildman–Crippen MR) is 131 cm³/mol. The largest absolute Gasteiger partial charge is 0.462 e. The molecule has 39 heavy (non-hydrogen) atoms. The van der Waals surface area contributed by atoms with Crippen LogP contribution in [0.1, 0.15) is 27.0 Å². The van der Waals surface area contributed by atoms with E-state index in [0.717, 1.165) is 12.3 Å². The molecule has 1 saturated heterocycles. The Morgan fingerprint density at radius 2 is 1.92 bits per heavy atom. The summed E-state index contributed by atoms with van der Waals surface area (Å²) >= 11 is 4.77. The zero-order valence-corrected chi connectivity index (χ0v) is 22.5. The fourth-order valence-electron chi connectivity index (χ4n) is 3.61. The van der Waals surface area contributed by atoms with Crippen molar-refractivity contribution in [1.29, 1.82) is 0 Å². The Bertz CT molecular complexity index is 1320. The highest BCUT2D eigenvalue weighted by Crippen LogP contribution is 2.50. The maximum absolute atomic E-state index is 14.0. The number of halogens is 3. The second-order valence-electron chi connectivity index (χ2n) is 8.85. The molecule has 1 aromatic carbocycles. The lowest BCUT2D eigenvalue weighted by molar-refractivity contribution is -0.304. The monoisotopic (exact) mass is 597 g/mol. The number of aromatic amines is 1. The Morgan fingerprint density at radius 3 is 2.49 bits per heavy atom. The molecule has 0 spiro atoms. The highest BCUT2D eigenvalue weighted by molar-refractivity contribution is 7.71. The van der Waals surface area contributed by atoms with Crippen molar-refractivity contribution in [2.45, 2.75) is 63.1 Å². The lowest BCUT2D eigenvalue weighted by Gasteiger charge is -2.33. The molecule has 1 aliphatic heterocycles. The quantitative estimate of drug-likeness (QED) is 0.181. The van der Waals surface area contributed by atoms with E-state index in [1.165, 1.54) is 31.2 Å². The summed E-state index contributed by atoms with van der Waals surface area (Å²) in [4.78, 5) is 26.6. The van der Waals surface area contributed by atoms with Crippen LogP contribution in [-0.4, -0.2) is 68.5 Å². The SMILES string of the molecule is CC(C)OC(=O)[C@H](C)NP(=O)(OC[C@H]1O[C@@H](n2ccc(=S)[nH]c2=O)C(O)(C(F)(F)F)[C@H]1O)Oc1ccccc1. The first kappa shape index (κ1) is 30.9. The number of para-hydroxylation sites is 1. The molecule has 1 aliphatic rings.